The van der Waals surface area contributed by atoms with Crippen molar-refractivity contribution in [2.75, 3.05) is 19.6 Å². The third-order valence-corrected chi connectivity index (χ3v) is 3.30. The molecule has 21 heavy (non-hydrogen) atoms. The zero-order valence-electron chi connectivity index (χ0n) is 11.7. The van der Waals surface area contributed by atoms with Crippen molar-refractivity contribution in [3.05, 3.63) is 39.9 Å². The summed E-state index contributed by atoms with van der Waals surface area (Å²) in [6, 6.07) is 6.08. The smallest absolute Gasteiger partial charge is 0.270 e. The van der Waals surface area contributed by atoms with E-state index in [2.05, 4.69) is 15.4 Å². The minimum absolute atomic E-state index is 0.00130. The van der Waals surface area contributed by atoms with Crippen LogP contribution in [0.4, 0.5) is 5.69 Å². The van der Waals surface area contributed by atoms with Gasteiger partial charge in [-0.05, 0) is 25.9 Å². The summed E-state index contributed by atoms with van der Waals surface area (Å²) in [7, 11) is 0. The van der Waals surface area contributed by atoms with Gasteiger partial charge in [0.2, 0.25) is 0 Å². The monoisotopic (exact) mass is 290 g/mol. The summed E-state index contributed by atoms with van der Waals surface area (Å²) in [5.74, 6) is -0.168. The topological polar surface area (TPSA) is 87.8 Å². The van der Waals surface area contributed by atoms with Crippen molar-refractivity contribution in [2.45, 2.75) is 19.3 Å². The Hall–Kier alpha value is -2.28. The van der Waals surface area contributed by atoms with Gasteiger partial charge in [0.05, 0.1) is 17.7 Å². The van der Waals surface area contributed by atoms with E-state index in [1.165, 1.54) is 24.8 Å². The Labute approximate surface area is 122 Å². The van der Waals surface area contributed by atoms with Crippen molar-refractivity contribution in [1.29, 1.82) is 0 Å². The van der Waals surface area contributed by atoms with Crippen molar-refractivity contribution >= 4 is 17.8 Å². The number of amides is 1. The minimum atomic E-state index is -0.466. The molecule has 112 valence electrons. The normalized spacial score (nSPS) is 16.0. The lowest BCUT2D eigenvalue weighted by Gasteiger charge is -2.25. The second kappa shape index (κ2) is 7.49. The molecule has 2 rings (SSSR count). The summed E-state index contributed by atoms with van der Waals surface area (Å²) >= 11 is 0. The van der Waals surface area contributed by atoms with Gasteiger partial charge in [0.25, 0.3) is 11.6 Å². The summed E-state index contributed by atoms with van der Waals surface area (Å²) in [5.41, 5.74) is 3.02. The molecule has 1 aromatic carbocycles. The highest BCUT2D eigenvalue weighted by atomic mass is 16.6. The molecule has 1 fully saturated rings. The van der Waals surface area contributed by atoms with Gasteiger partial charge in [-0.2, -0.15) is 5.10 Å². The van der Waals surface area contributed by atoms with Crippen molar-refractivity contribution in [2.24, 2.45) is 5.10 Å². The molecule has 0 bridgehead atoms. The van der Waals surface area contributed by atoms with Crippen LogP contribution in [-0.2, 0) is 4.79 Å². The lowest BCUT2D eigenvalue weighted by atomic mass is 10.1. The molecule has 1 aromatic rings. The average molecular weight is 290 g/mol. The molecule has 0 radical (unpaired) electrons. The first kappa shape index (κ1) is 15.1. The Morgan fingerprint density at radius 2 is 2.14 bits per heavy atom. The van der Waals surface area contributed by atoms with Gasteiger partial charge < -0.3 is 0 Å². The third-order valence-electron chi connectivity index (χ3n) is 3.30. The number of nitrogens with zero attached hydrogens (tertiary/aromatic N) is 3. The zero-order chi connectivity index (χ0) is 15.1. The van der Waals surface area contributed by atoms with Gasteiger partial charge in [0.1, 0.15) is 0 Å². The summed E-state index contributed by atoms with van der Waals surface area (Å²) in [6.07, 6.45) is 4.89. The summed E-state index contributed by atoms with van der Waals surface area (Å²) in [5, 5.41) is 14.5. The van der Waals surface area contributed by atoms with Crippen LogP contribution >= 0.6 is 0 Å². The number of rotatable bonds is 5. The first-order valence-corrected chi connectivity index (χ1v) is 6.94. The Bertz CT molecular complexity index is 539. The van der Waals surface area contributed by atoms with Crippen LogP contribution in [0.1, 0.15) is 24.8 Å². The molecular weight excluding hydrogens is 272 g/mol. The standard InChI is InChI=1S/C14H18N4O3/c19-14(11-17-7-2-1-3-8-17)16-15-10-12-5-4-6-13(9-12)18(20)21/h4-6,9-10H,1-3,7-8,11H2,(H,16,19)/b15-10-. The molecule has 0 unspecified atom stereocenters. The number of carbonyl (C=O) groups is 1. The Balaban J connectivity index is 1.82. The predicted octanol–water partition coefficient (Wildman–Crippen LogP) is 1.53. The SMILES string of the molecule is O=C(CN1CCCCC1)N/N=C\c1cccc([N+](=O)[O-])c1. The number of nitro groups is 1. The molecule has 1 N–H and O–H groups in total. The molecule has 1 aliphatic rings. The van der Waals surface area contributed by atoms with Gasteiger partial charge in [-0.1, -0.05) is 18.6 Å². The second-order valence-electron chi connectivity index (χ2n) is 4.98. The molecule has 0 aliphatic carbocycles. The number of benzene rings is 1. The van der Waals surface area contributed by atoms with E-state index in [9.17, 15) is 14.9 Å². The minimum Gasteiger partial charge on any atom is -0.294 e. The number of hydrogen-bond acceptors (Lipinski definition) is 5. The van der Waals surface area contributed by atoms with Gasteiger partial charge in [-0.15, -0.1) is 0 Å². The number of carbonyl (C=O) groups excluding carboxylic acids is 1. The van der Waals surface area contributed by atoms with Gasteiger partial charge in [-0.3, -0.25) is 19.8 Å². The van der Waals surface area contributed by atoms with E-state index in [1.807, 2.05) is 0 Å². The van der Waals surface area contributed by atoms with E-state index < -0.39 is 4.92 Å². The molecule has 0 atom stereocenters. The zero-order valence-corrected chi connectivity index (χ0v) is 11.7. The summed E-state index contributed by atoms with van der Waals surface area (Å²) in [4.78, 5) is 24.0. The quantitative estimate of drug-likeness (QED) is 0.506. The van der Waals surface area contributed by atoms with E-state index in [-0.39, 0.29) is 11.6 Å². The van der Waals surface area contributed by atoms with Crippen molar-refractivity contribution in [3.8, 4) is 0 Å². The molecule has 1 aliphatic heterocycles. The van der Waals surface area contributed by atoms with E-state index in [0.29, 0.717) is 12.1 Å². The van der Waals surface area contributed by atoms with E-state index in [0.717, 1.165) is 25.9 Å². The van der Waals surface area contributed by atoms with Gasteiger partial charge in [0, 0.05) is 17.7 Å². The van der Waals surface area contributed by atoms with Crippen molar-refractivity contribution in [1.82, 2.24) is 10.3 Å². The number of likely N-dealkylation sites (tertiary alicyclic amines) is 1. The van der Waals surface area contributed by atoms with E-state index in [1.54, 1.807) is 12.1 Å². The van der Waals surface area contributed by atoms with E-state index in [4.69, 9.17) is 0 Å². The molecule has 1 saturated heterocycles. The molecule has 0 saturated carbocycles. The molecule has 1 heterocycles. The van der Waals surface area contributed by atoms with Crippen LogP contribution in [0.3, 0.4) is 0 Å². The number of piperidine rings is 1. The van der Waals surface area contributed by atoms with Crippen LogP contribution in [-0.4, -0.2) is 41.6 Å². The maximum Gasteiger partial charge on any atom is 0.270 e. The maximum absolute atomic E-state index is 11.7. The Morgan fingerprint density at radius 3 is 2.86 bits per heavy atom. The fourth-order valence-corrected chi connectivity index (χ4v) is 2.25. The van der Waals surface area contributed by atoms with Gasteiger partial charge >= 0.3 is 0 Å². The number of hydrogen-bond donors (Lipinski definition) is 1. The lowest BCUT2D eigenvalue weighted by molar-refractivity contribution is -0.384. The Morgan fingerprint density at radius 1 is 1.38 bits per heavy atom. The molecule has 0 aromatic heterocycles. The number of nitro benzene ring substituents is 1. The maximum atomic E-state index is 11.7. The number of nitrogens with one attached hydrogen (secondary N) is 1. The fraction of sp³-hybridized carbons (Fsp3) is 0.429. The van der Waals surface area contributed by atoms with Crippen molar-refractivity contribution in [3.63, 3.8) is 0 Å². The number of hydrazone groups is 1. The molecule has 0 spiro atoms. The van der Waals surface area contributed by atoms with E-state index >= 15 is 0 Å². The van der Waals surface area contributed by atoms with Crippen LogP contribution in [0.2, 0.25) is 0 Å². The van der Waals surface area contributed by atoms with Crippen LogP contribution in [0, 0.1) is 10.1 Å². The van der Waals surface area contributed by atoms with Crippen molar-refractivity contribution < 1.29 is 9.72 Å². The lowest BCUT2D eigenvalue weighted by Crippen LogP contribution is -2.38. The summed E-state index contributed by atoms with van der Waals surface area (Å²) < 4.78 is 0. The predicted molar refractivity (Wildman–Crippen MR) is 79.1 cm³/mol. The average Bonchev–Trinajstić information content (AvgIpc) is 2.48. The Kier molecular flexibility index (Phi) is 5.39. The highest BCUT2D eigenvalue weighted by Crippen LogP contribution is 2.11. The van der Waals surface area contributed by atoms with Crippen LogP contribution in [0.5, 0.6) is 0 Å². The fourth-order valence-electron chi connectivity index (χ4n) is 2.25. The molecule has 7 heteroatoms. The van der Waals surface area contributed by atoms with Crippen LogP contribution in [0.25, 0.3) is 0 Å². The molecule has 1 amide bonds. The van der Waals surface area contributed by atoms with Gasteiger partial charge in [0.15, 0.2) is 0 Å². The highest BCUT2D eigenvalue weighted by Gasteiger charge is 2.13. The highest BCUT2D eigenvalue weighted by molar-refractivity contribution is 5.83. The first-order chi connectivity index (χ1) is 10.1. The second-order valence-corrected chi connectivity index (χ2v) is 4.98. The third kappa shape index (κ3) is 4.96. The largest absolute Gasteiger partial charge is 0.294 e. The van der Waals surface area contributed by atoms with Crippen LogP contribution < -0.4 is 5.43 Å². The summed E-state index contributed by atoms with van der Waals surface area (Å²) in [6.45, 7) is 2.23. The number of non-ortho nitro benzene ring substituents is 1. The molecule has 7 nitrogen and oxygen atoms in total. The first-order valence-electron chi connectivity index (χ1n) is 6.94. The van der Waals surface area contributed by atoms with Crippen LogP contribution in [0.15, 0.2) is 29.4 Å². The molecular formula is C14H18N4O3. The van der Waals surface area contributed by atoms with Gasteiger partial charge in [-0.25, -0.2) is 5.43 Å².